The molecule has 2 aromatic carbocycles. The third-order valence-electron chi connectivity index (χ3n) is 6.19. The smallest absolute Gasteiger partial charge is 0.408 e. The summed E-state index contributed by atoms with van der Waals surface area (Å²) in [5.74, 6) is -1.94. The number of imidazole rings is 1. The molecule has 0 saturated heterocycles. The van der Waals surface area contributed by atoms with Crippen molar-refractivity contribution in [2.75, 3.05) is 19.0 Å². The molecule has 13 heteroatoms. The number of carbonyl (C=O) groups excluding carboxylic acids is 3. The van der Waals surface area contributed by atoms with Gasteiger partial charge < -0.3 is 39.8 Å². The second-order valence-corrected chi connectivity index (χ2v) is 11.5. The SMILES string of the molecule is COc1cccc(C(C(=O)O)n2cnc(NC(=O)C(COCc3ccccc3)NC(=O)C(C)(C)NC(=O)OC(C)(C)C)c2)c1. The lowest BCUT2D eigenvalue weighted by Crippen LogP contribution is -2.59. The van der Waals surface area contributed by atoms with Gasteiger partial charge in [-0.3, -0.25) is 9.59 Å². The highest BCUT2D eigenvalue weighted by Gasteiger charge is 2.35. The molecule has 0 aliphatic rings. The predicted octanol–water partition coefficient (Wildman–Crippen LogP) is 3.51. The number of carbonyl (C=O) groups is 4. The van der Waals surface area contributed by atoms with Crippen LogP contribution in [0.2, 0.25) is 0 Å². The summed E-state index contributed by atoms with van der Waals surface area (Å²) in [6.45, 7) is 7.99. The van der Waals surface area contributed by atoms with Crippen LogP contribution in [0.3, 0.4) is 0 Å². The number of methoxy groups -OCH3 is 1. The Kier molecular flexibility index (Phi) is 11.1. The van der Waals surface area contributed by atoms with E-state index in [4.69, 9.17) is 14.2 Å². The lowest BCUT2D eigenvalue weighted by atomic mass is 10.0. The van der Waals surface area contributed by atoms with Gasteiger partial charge in [0, 0.05) is 6.20 Å². The largest absolute Gasteiger partial charge is 0.497 e. The molecule has 0 radical (unpaired) electrons. The molecule has 0 saturated carbocycles. The van der Waals surface area contributed by atoms with Gasteiger partial charge in [0.1, 0.15) is 22.9 Å². The van der Waals surface area contributed by atoms with E-state index in [1.807, 2.05) is 30.3 Å². The van der Waals surface area contributed by atoms with Gasteiger partial charge in [0.15, 0.2) is 11.9 Å². The second-order valence-electron chi connectivity index (χ2n) is 11.5. The number of hydrogen-bond acceptors (Lipinski definition) is 8. The van der Waals surface area contributed by atoms with Crippen molar-refractivity contribution >= 4 is 29.7 Å². The number of carboxylic acids is 1. The average molecular weight is 610 g/mol. The standard InChI is InChI=1S/C31H39N5O8/c1-30(2,3)44-29(41)35-31(4,5)28(40)33-23(18-43-17-20-11-8-7-9-12-20)26(37)34-24-16-36(19-32-24)25(27(38)39)21-13-10-14-22(15-21)42-6/h7-16,19,23,25H,17-18H2,1-6H3,(H,33,40)(H,34,37)(H,35,41)(H,38,39). The zero-order valence-electron chi connectivity index (χ0n) is 25.6. The fraction of sp³-hybridized carbons (Fsp3) is 0.387. The average Bonchev–Trinajstić information content (AvgIpc) is 3.39. The molecular formula is C31H39N5O8. The zero-order chi connectivity index (χ0) is 32.5. The summed E-state index contributed by atoms with van der Waals surface area (Å²) in [5.41, 5.74) is -0.931. The molecule has 0 aliphatic carbocycles. The Hall–Kier alpha value is -4.91. The van der Waals surface area contributed by atoms with Gasteiger partial charge in [0.25, 0.3) is 5.91 Å². The summed E-state index contributed by atoms with van der Waals surface area (Å²) < 4.78 is 17.6. The number of nitrogens with zero attached hydrogens (tertiary/aromatic N) is 2. The fourth-order valence-electron chi connectivity index (χ4n) is 4.02. The van der Waals surface area contributed by atoms with E-state index in [-0.39, 0.29) is 19.0 Å². The van der Waals surface area contributed by atoms with Crippen LogP contribution in [-0.2, 0) is 30.5 Å². The molecule has 1 heterocycles. The first kappa shape index (κ1) is 33.6. The third kappa shape index (κ3) is 9.83. The summed E-state index contributed by atoms with van der Waals surface area (Å²) in [6.07, 6.45) is 1.85. The Morgan fingerprint density at radius 3 is 2.34 bits per heavy atom. The Morgan fingerprint density at radius 2 is 1.70 bits per heavy atom. The number of amides is 3. The van der Waals surface area contributed by atoms with E-state index in [1.165, 1.54) is 38.0 Å². The van der Waals surface area contributed by atoms with E-state index in [0.29, 0.717) is 11.3 Å². The maximum atomic E-state index is 13.4. The molecule has 1 aromatic heterocycles. The van der Waals surface area contributed by atoms with Gasteiger partial charge in [-0.1, -0.05) is 42.5 Å². The number of benzene rings is 2. The van der Waals surface area contributed by atoms with Crippen LogP contribution in [0.5, 0.6) is 5.75 Å². The van der Waals surface area contributed by atoms with Crippen molar-refractivity contribution in [1.82, 2.24) is 20.2 Å². The molecule has 2 unspecified atom stereocenters. The van der Waals surface area contributed by atoms with E-state index in [2.05, 4.69) is 20.9 Å². The van der Waals surface area contributed by atoms with Crippen molar-refractivity contribution in [1.29, 1.82) is 0 Å². The molecule has 0 bridgehead atoms. The fourth-order valence-corrected chi connectivity index (χ4v) is 4.02. The Morgan fingerprint density at radius 1 is 1.00 bits per heavy atom. The number of aliphatic carboxylic acids is 1. The highest BCUT2D eigenvalue weighted by atomic mass is 16.6. The van der Waals surface area contributed by atoms with Crippen molar-refractivity contribution < 1.29 is 38.5 Å². The quantitative estimate of drug-likeness (QED) is 0.226. The topological polar surface area (TPSA) is 170 Å². The minimum absolute atomic E-state index is 0.0533. The Bertz CT molecular complexity index is 1450. The monoisotopic (exact) mass is 609 g/mol. The lowest BCUT2D eigenvalue weighted by molar-refractivity contribution is -0.139. The summed E-state index contributed by atoms with van der Waals surface area (Å²) in [6, 6.07) is 13.5. The van der Waals surface area contributed by atoms with Gasteiger partial charge in [0.2, 0.25) is 5.91 Å². The van der Waals surface area contributed by atoms with E-state index < -0.39 is 47.1 Å². The number of alkyl carbamates (subject to hydrolysis) is 1. The molecule has 3 aromatic rings. The number of nitrogens with one attached hydrogen (secondary N) is 3. The number of carboxylic acid groups (broad SMARTS) is 1. The summed E-state index contributed by atoms with van der Waals surface area (Å²) in [4.78, 5) is 55.3. The first-order valence-corrected chi connectivity index (χ1v) is 13.8. The van der Waals surface area contributed by atoms with Crippen LogP contribution in [0.4, 0.5) is 10.6 Å². The minimum atomic E-state index is -1.45. The summed E-state index contributed by atoms with van der Waals surface area (Å²) >= 11 is 0. The van der Waals surface area contributed by atoms with Crippen molar-refractivity contribution in [2.24, 2.45) is 0 Å². The summed E-state index contributed by atoms with van der Waals surface area (Å²) in [5, 5.41) is 17.7. The van der Waals surface area contributed by atoms with Gasteiger partial charge in [-0.05, 0) is 57.9 Å². The molecule has 236 valence electrons. The number of aromatic nitrogens is 2. The van der Waals surface area contributed by atoms with Crippen LogP contribution in [0, 0.1) is 0 Å². The molecule has 0 spiro atoms. The van der Waals surface area contributed by atoms with E-state index in [0.717, 1.165) is 5.56 Å². The molecule has 0 aliphatic heterocycles. The van der Waals surface area contributed by atoms with Gasteiger partial charge in [0.05, 0.1) is 26.7 Å². The molecule has 44 heavy (non-hydrogen) atoms. The van der Waals surface area contributed by atoms with Crippen LogP contribution < -0.4 is 20.7 Å². The Labute approximate surface area is 255 Å². The maximum Gasteiger partial charge on any atom is 0.408 e. The predicted molar refractivity (Wildman–Crippen MR) is 161 cm³/mol. The number of ether oxygens (including phenoxy) is 3. The second kappa shape index (κ2) is 14.5. The lowest BCUT2D eigenvalue weighted by Gasteiger charge is -2.29. The van der Waals surface area contributed by atoms with Gasteiger partial charge >= 0.3 is 12.1 Å². The molecule has 3 amide bonds. The maximum absolute atomic E-state index is 13.4. The van der Waals surface area contributed by atoms with Crippen molar-refractivity contribution in [3.05, 3.63) is 78.2 Å². The molecule has 3 rings (SSSR count). The van der Waals surface area contributed by atoms with Crippen LogP contribution in [0.1, 0.15) is 51.8 Å². The van der Waals surface area contributed by atoms with Crippen molar-refractivity contribution in [3.8, 4) is 5.75 Å². The van der Waals surface area contributed by atoms with Crippen molar-refractivity contribution in [2.45, 2.75) is 64.4 Å². The van der Waals surface area contributed by atoms with Gasteiger partial charge in [-0.25, -0.2) is 14.6 Å². The molecule has 2 atom stereocenters. The van der Waals surface area contributed by atoms with Gasteiger partial charge in [-0.2, -0.15) is 0 Å². The Balaban J connectivity index is 1.77. The van der Waals surface area contributed by atoms with Crippen LogP contribution in [-0.4, -0.2) is 69.4 Å². The highest BCUT2D eigenvalue weighted by Crippen LogP contribution is 2.24. The normalized spacial score (nSPS) is 12.9. The number of hydrogen-bond donors (Lipinski definition) is 4. The minimum Gasteiger partial charge on any atom is -0.497 e. The summed E-state index contributed by atoms with van der Waals surface area (Å²) in [7, 11) is 1.48. The van der Waals surface area contributed by atoms with Crippen LogP contribution in [0.15, 0.2) is 67.1 Å². The van der Waals surface area contributed by atoms with Crippen LogP contribution in [0.25, 0.3) is 0 Å². The van der Waals surface area contributed by atoms with Crippen molar-refractivity contribution in [3.63, 3.8) is 0 Å². The van der Waals surface area contributed by atoms with Crippen LogP contribution >= 0.6 is 0 Å². The van der Waals surface area contributed by atoms with E-state index >= 15 is 0 Å². The zero-order valence-corrected chi connectivity index (χ0v) is 25.6. The first-order valence-electron chi connectivity index (χ1n) is 13.8. The molecule has 0 fully saturated rings. The highest BCUT2D eigenvalue weighted by molar-refractivity contribution is 5.98. The van der Waals surface area contributed by atoms with E-state index in [1.54, 1.807) is 45.0 Å². The number of anilines is 1. The van der Waals surface area contributed by atoms with E-state index in [9.17, 15) is 24.3 Å². The van der Waals surface area contributed by atoms with Gasteiger partial charge in [-0.15, -0.1) is 0 Å². The molecule has 13 nitrogen and oxygen atoms in total. The first-order chi connectivity index (χ1) is 20.7. The third-order valence-corrected chi connectivity index (χ3v) is 6.19. The number of rotatable bonds is 13. The molecule has 4 N–H and O–H groups in total. The molecular weight excluding hydrogens is 570 g/mol.